The Bertz CT molecular complexity index is 1440. The standard InChI is InChI=1S/C28H30N6O4/c1-17-23(35)24(36)28(38-17)34-15-21(18-5-3-2-4-6-18)22-25(30-16-31-26(22)34)32-20-9-7-19(8-10-20)27(37)33-13-11-29-12-14-33/h2-10,15-17,23-24,28-29,35-36H,11-14H2,1H3,(H,30,31,32)/t17-,23-,24-,28-/m1/s1. The molecule has 10 heteroatoms. The molecule has 4 aromatic rings. The highest BCUT2D eigenvalue weighted by Gasteiger charge is 2.42. The van der Waals surface area contributed by atoms with E-state index in [4.69, 9.17) is 4.74 Å². The monoisotopic (exact) mass is 514 g/mol. The van der Waals surface area contributed by atoms with Gasteiger partial charge in [-0.2, -0.15) is 0 Å². The van der Waals surface area contributed by atoms with Crippen molar-refractivity contribution in [2.24, 2.45) is 0 Å². The largest absolute Gasteiger partial charge is 0.388 e. The highest BCUT2D eigenvalue weighted by atomic mass is 16.6. The van der Waals surface area contributed by atoms with Gasteiger partial charge in [0.15, 0.2) is 6.23 Å². The van der Waals surface area contributed by atoms with Crippen molar-refractivity contribution in [1.82, 2.24) is 24.8 Å². The quantitative estimate of drug-likeness (QED) is 0.320. The van der Waals surface area contributed by atoms with E-state index in [1.807, 2.05) is 65.7 Å². The Morgan fingerprint density at radius 1 is 1.03 bits per heavy atom. The van der Waals surface area contributed by atoms with Gasteiger partial charge in [-0.15, -0.1) is 0 Å². The van der Waals surface area contributed by atoms with Crippen LogP contribution in [0.1, 0.15) is 23.5 Å². The summed E-state index contributed by atoms with van der Waals surface area (Å²) < 4.78 is 7.68. The van der Waals surface area contributed by atoms with Gasteiger partial charge in [-0.1, -0.05) is 30.3 Å². The summed E-state index contributed by atoms with van der Waals surface area (Å²) in [6.45, 7) is 4.74. The van der Waals surface area contributed by atoms with Crippen LogP contribution in [0.3, 0.4) is 0 Å². The van der Waals surface area contributed by atoms with Crippen molar-refractivity contribution in [1.29, 1.82) is 0 Å². The number of carbonyl (C=O) groups excluding carboxylic acids is 1. The molecule has 0 saturated carbocycles. The normalized spacial score (nSPS) is 23.6. The topological polar surface area (TPSA) is 125 Å². The number of piperazine rings is 1. The molecule has 0 radical (unpaired) electrons. The summed E-state index contributed by atoms with van der Waals surface area (Å²) in [7, 11) is 0. The number of anilines is 2. The lowest BCUT2D eigenvalue weighted by Gasteiger charge is -2.27. The van der Waals surface area contributed by atoms with Gasteiger partial charge in [-0.25, -0.2) is 9.97 Å². The maximum atomic E-state index is 12.9. The highest BCUT2D eigenvalue weighted by molar-refractivity contribution is 6.02. The third-order valence-corrected chi connectivity index (χ3v) is 7.24. The molecular formula is C28H30N6O4. The Morgan fingerprint density at radius 2 is 1.76 bits per heavy atom. The molecule has 2 aromatic heterocycles. The molecule has 4 heterocycles. The fourth-order valence-corrected chi connectivity index (χ4v) is 5.15. The Labute approximate surface area is 219 Å². The Balaban J connectivity index is 1.37. The van der Waals surface area contributed by atoms with Crippen LogP contribution in [0.5, 0.6) is 0 Å². The zero-order valence-electron chi connectivity index (χ0n) is 21.0. The molecule has 0 aliphatic carbocycles. The second kappa shape index (κ2) is 10.1. The SMILES string of the molecule is C[C@H]1O[C@@H](n2cc(-c3ccccc3)c3c(Nc4ccc(C(=O)N5CCNCC5)cc4)ncnc32)[C@H](O)[C@@H]1O. The van der Waals surface area contributed by atoms with Gasteiger partial charge in [0.05, 0.1) is 11.5 Å². The fourth-order valence-electron chi connectivity index (χ4n) is 5.15. The minimum atomic E-state index is -1.10. The van der Waals surface area contributed by atoms with Gasteiger partial charge >= 0.3 is 0 Å². The molecular weight excluding hydrogens is 484 g/mol. The first-order valence-electron chi connectivity index (χ1n) is 12.8. The molecule has 10 nitrogen and oxygen atoms in total. The number of aromatic nitrogens is 3. The van der Waals surface area contributed by atoms with Crippen LogP contribution in [0.4, 0.5) is 11.5 Å². The summed E-state index contributed by atoms with van der Waals surface area (Å²) in [5.41, 5.74) is 3.79. The van der Waals surface area contributed by atoms with E-state index in [0.717, 1.165) is 35.3 Å². The molecule has 2 saturated heterocycles. The Morgan fingerprint density at radius 3 is 2.45 bits per heavy atom. The average Bonchev–Trinajstić information content (AvgIpc) is 3.47. The third-order valence-electron chi connectivity index (χ3n) is 7.24. The second-order valence-corrected chi connectivity index (χ2v) is 9.69. The number of nitrogens with zero attached hydrogens (tertiary/aromatic N) is 4. The number of ether oxygens (including phenoxy) is 1. The van der Waals surface area contributed by atoms with E-state index in [2.05, 4.69) is 20.6 Å². The molecule has 2 fully saturated rings. The van der Waals surface area contributed by atoms with Crippen molar-refractivity contribution in [3.8, 4) is 11.1 Å². The lowest BCUT2D eigenvalue weighted by atomic mass is 10.1. The predicted octanol–water partition coefficient (Wildman–Crippen LogP) is 2.53. The van der Waals surface area contributed by atoms with Crippen molar-refractivity contribution >= 4 is 28.4 Å². The maximum absolute atomic E-state index is 12.9. The van der Waals surface area contributed by atoms with E-state index >= 15 is 0 Å². The van der Waals surface area contributed by atoms with Crippen LogP contribution in [0.25, 0.3) is 22.2 Å². The van der Waals surface area contributed by atoms with Crippen LogP contribution in [0, 0.1) is 0 Å². The molecule has 4 atom stereocenters. The molecule has 1 amide bonds. The summed E-state index contributed by atoms with van der Waals surface area (Å²) in [4.78, 5) is 23.8. The zero-order valence-corrected chi connectivity index (χ0v) is 21.0. The van der Waals surface area contributed by atoms with E-state index in [1.54, 1.807) is 11.5 Å². The van der Waals surface area contributed by atoms with Crippen LogP contribution in [0.2, 0.25) is 0 Å². The van der Waals surface area contributed by atoms with E-state index in [9.17, 15) is 15.0 Å². The first-order valence-corrected chi connectivity index (χ1v) is 12.8. The fraction of sp³-hybridized carbons (Fsp3) is 0.321. The van der Waals surface area contributed by atoms with Gasteiger partial charge in [0.25, 0.3) is 5.91 Å². The summed E-state index contributed by atoms with van der Waals surface area (Å²) in [6.07, 6.45) is -0.0731. The van der Waals surface area contributed by atoms with Crippen LogP contribution in [-0.2, 0) is 4.74 Å². The molecule has 4 N–H and O–H groups in total. The number of rotatable bonds is 5. The van der Waals surface area contributed by atoms with Gasteiger partial charge in [0.2, 0.25) is 0 Å². The minimum Gasteiger partial charge on any atom is -0.388 e. The second-order valence-electron chi connectivity index (χ2n) is 9.69. The highest BCUT2D eigenvalue weighted by Crippen LogP contribution is 2.39. The number of fused-ring (bicyclic) bond motifs is 1. The summed E-state index contributed by atoms with van der Waals surface area (Å²) in [5, 5.41) is 28.4. The smallest absolute Gasteiger partial charge is 0.253 e. The number of nitrogens with one attached hydrogen (secondary N) is 2. The van der Waals surface area contributed by atoms with Gasteiger partial charge < -0.3 is 35.1 Å². The molecule has 2 aliphatic heterocycles. The lowest BCUT2D eigenvalue weighted by molar-refractivity contribution is -0.0295. The van der Waals surface area contributed by atoms with Crippen molar-refractivity contribution in [3.05, 3.63) is 72.7 Å². The molecule has 196 valence electrons. The molecule has 0 bridgehead atoms. The van der Waals surface area contributed by atoms with Crippen molar-refractivity contribution in [2.45, 2.75) is 31.5 Å². The Hall–Kier alpha value is -3.83. The van der Waals surface area contributed by atoms with E-state index in [-0.39, 0.29) is 5.91 Å². The first-order chi connectivity index (χ1) is 18.5. The Kier molecular flexibility index (Phi) is 6.54. The number of benzene rings is 2. The average molecular weight is 515 g/mol. The van der Waals surface area contributed by atoms with Crippen molar-refractivity contribution < 1.29 is 19.7 Å². The van der Waals surface area contributed by atoms with Gasteiger partial charge in [-0.05, 0) is 36.8 Å². The number of carbonyl (C=O) groups is 1. The number of amides is 1. The molecule has 2 aromatic carbocycles. The number of aliphatic hydroxyl groups excluding tert-OH is 2. The summed E-state index contributed by atoms with van der Waals surface area (Å²) in [6, 6.07) is 17.2. The predicted molar refractivity (Wildman–Crippen MR) is 143 cm³/mol. The molecule has 38 heavy (non-hydrogen) atoms. The van der Waals surface area contributed by atoms with Crippen LogP contribution in [0.15, 0.2) is 67.1 Å². The number of aliphatic hydroxyl groups is 2. The van der Waals surface area contributed by atoms with Crippen LogP contribution in [-0.4, -0.2) is 80.0 Å². The molecule has 6 rings (SSSR count). The van der Waals surface area contributed by atoms with Crippen molar-refractivity contribution in [3.63, 3.8) is 0 Å². The van der Waals surface area contributed by atoms with E-state index in [1.165, 1.54) is 6.33 Å². The zero-order chi connectivity index (χ0) is 26.2. The van der Waals surface area contributed by atoms with Crippen LogP contribution >= 0.6 is 0 Å². The van der Waals surface area contributed by atoms with Crippen molar-refractivity contribution in [2.75, 3.05) is 31.5 Å². The first kappa shape index (κ1) is 24.5. The lowest BCUT2D eigenvalue weighted by Crippen LogP contribution is -2.46. The molecule has 0 unspecified atom stereocenters. The molecule has 0 spiro atoms. The van der Waals surface area contributed by atoms with E-state index in [0.29, 0.717) is 30.1 Å². The summed E-state index contributed by atoms with van der Waals surface area (Å²) in [5.74, 6) is 0.604. The summed E-state index contributed by atoms with van der Waals surface area (Å²) >= 11 is 0. The number of hydrogen-bond donors (Lipinski definition) is 4. The molecule has 2 aliphatic rings. The third kappa shape index (κ3) is 4.41. The van der Waals surface area contributed by atoms with Gasteiger partial charge in [0.1, 0.15) is 30.0 Å². The number of hydrogen-bond acceptors (Lipinski definition) is 8. The van der Waals surface area contributed by atoms with Gasteiger partial charge in [-0.3, -0.25) is 4.79 Å². The maximum Gasteiger partial charge on any atom is 0.253 e. The minimum absolute atomic E-state index is 0.0254. The van der Waals surface area contributed by atoms with Crippen LogP contribution < -0.4 is 10.6 Å². The van der Waals surface area contributed by atoms with E-state index < -0.39 is 24.5 Å². The van der Waals surface area contributed by atoms with Gasteiger partial charge in [0, 0.05) is 49.2 Å².